The third kappa shape index (κ3) is 1.55. The number of allylic oxidation sites excluding steroid dienone is 1. The maximum absolute atomic E-state index is 11.7. The van der Waals surface area contributed by atoms with Gasteiger partial charge < -0.3 is 5.11 Å². The summed E-state index contributed by atoms with van der Waals surface area (Å²) >= 11 is 0. The number of aliphatic hydroxyl groups is 1. The first-order valence-electron chi connectivity index (χ1n) is 5.12. The van der Waals surface area contributed by atoms with E-state index in [2.05, 4.69) is 0 Å². The molecule has 2 aliphatic rings. The van der Waals surface area contributed by atoms with Gasteiger partial charge in [-0.1, -0.05) is 18.6 Å². The van der Waals surface area contributed by atoms with Gasteiger partial charge in [0.25, 0.3) is 0 Å². The van der Waals surface area contributed by atoms with Gasteiger partial charge >= 0.3 is 0 Å². The average Bonchev–Trinajstić information content (AvgIpc) is 2.26. The number of carbonyl (C=O) groups excluding carboxylic acids is 1. The summed E-state index contributed by atoms with van der Waals surface area (Å²) in [6.07, 6.45) is 8.87. The SMILES string of the molecule is O=C1CCCC[C@]2(O)CC=CC[C@H]12. The number of ketones is 1. The maximum atomic E-state index is 11.7. The highest BCUT2D eigenvalue weighted by atomic mass is 16.3. The Labute approximate surface area is 78.6 Å². The fourth-order valence-corrected chi connectivity index (χ4v) is 2.49. The first kappa shape index (κ1) is 8.95. The Balaban J connectivity index is 2.25. The summed E-state index contributed by atoms with van der Waals surface area (Å²) in [7, 11) is 0. The van der Waals surface area contributed by atoms with Gasteiger partial charge in [0.1, 0.15) is 5.78 Å². The van der Waals surface area contributed by atoms with Crippen molar-refractivity contribution in [2.45, 2.75) is 44.1 Å². The van der Waals surface area contributed by atoms with Crippen molar-refractivity contribution in [1.82, 2.24) is 0 Å². The zero-order chi connectivity index (χ0) is 9.31. The van der Waals surface area contributed by atoms with Crippen LogP contribution < -0.4 is 0 Å². The van der Waals surface area contributed by atoms with Crippen LogP contribution in [0.3, 0.4) is 0 Å². The Hall–Kier alpha value is -0.630. The summed E-state index contributed by atoms with van der Waals surface area (Å²) < 4.78 is 0. The van der Waals surface area contributed by atoms with Crippen molar-refractivity contribution in [3.63, 3.8) is 0 Å². The van der Waals surface area contributed by atoms with Gasteiger partial charge in [-0.25, -0.2) is 0 Å². The second kappa shape index (κ2) is 3.26. The van der Waals surface area contributed by atoms with Crippen LogP contribution >= 0.6 is 0 Å². The highest BCUT2D eigenvalue weighted by Crippen LogP contribution is 2.38. The summed E-state index contributed by atoms with van der Waals surface area (Å²) in [5.74, 6) is 0.157. The van der Waals surface area contributed by atoms with Crippen molar-refractivity contribution in [1.29, 1.82) is 0 Å². The first-order valence-corrected chi connectivity index (χ1v) is 5.12. The van der Waals surface area contributed by atoms with Crippen LogP contribution in [0.5, 0.6) is 0 Å². The van der Waals surface area contributed by atoms with Gasteiger partial charge in [0.15, 0.2) is 0 Å². The highest BCUT2D eigenvalue weighted by Gasteiger charge is 2.41. The zero-order valence-corrected chi connectivity index (χ0v) is 7.83. The van der Waals surface area contributed by atoms with Crippen molar-refractivity contribution in [2.24, 2.45) is 5.92 Å². The molecule has 0 aromatic rings. The summed E-state index contributed by atoms with van der Waals surface area (Å²) in [6, 6.07) is 0. The van der Waals surface area contributed by atoms with Gasteiger partial charge in [-0.05, 0) is 25.7 Å². The van der Waals surface area contributed by atoms with E-state index in [1.807, 2.05) is 12.2 Å². The van der Waals surface area contributed by atoms with Crippen molar-refractivity contribution in [2.75, 3.05) is 0 Å². The quantitative estimate of drug-likeness (QED) is 0.577. The molecule has 1 N–H and O–H groups in total. The minimum atomic E-state index is -0.706. The smallest absolute Gasteiger partial charge is 0.139 e. The van der Waals surface area contributed by atoms with Crippen LogP contribution in [0.4, 0.5) is 0 Å². The molecular weight excluding hydrogens is 164 g/mol. The molecule has 0 spiro atoms. The van der Waals surface area contributed by atoms with Gasteiger partial charge in [-0.2, -0.15) is 0 Å². The highest BCUT2D eigenvalue weighted by molar-refractivity contribution is 5.82. The Morgan fingerprint density at radius 2 is 2.23 bits per heavy atom. The largest absolute Gasteiger partial charge is 0.389 e. The maximum Gasteiger partial charge on any atom is 0.139 e. The average molecular weight is 180 g/mol. The number of hydrogen-bond donors (Lipinski definition) is 1. The predicted molar refractivity (Wildman–Crippen MR) is 50.3 cm³/mol. The van der Waals surface area contributed by atoms with Gasteiger partial charge in [-0.3, -0.25) is 4.79 Å². The molecule has 0 amide bonds. The molecule has 0 unspecified atom stereocenters. The minimum Gasteiger partial charge on any atom is -0.389 e. The van der Waals surface area contributed by atoms with E-state index in [9.17, 15) is 9.90 Å². The van der Waals surface area contributed by atoms with Gasteiger partial charge in [0, 0.05) is 6.42 Å². The molecule has 0 saturated heterocycles. The number of fused-ring (bicyclic) bond motifs is 1. The van der Waals surface area contributed by atoms with E-state index in [4.69, 9.17) is 0 Å². The molecule has 1 fully saturated rings. The van der Waals surface area contributed by atoms with Crippen molar-refractivity contribution in [3.05, 3.63) is 12.2 Å². The van der Waals surface area contributed by atoms with E-state index in [-0.39, 0.29) is 11.7 Å². The van der Waals surface area contributed by atoms with E-state index < -0.39 is 5.60 Å². The molecule has 13 heavy (non-hydrogen) atoms. The number of hydrogen-bond acceptors (Lipinski definition) is 2. The molecule has 2 atom stereocenters. The predicted octanol–water partition coefficient (Wildman–Crippen LogP) is 1.83. The van der Waals surface area contributed by atoms with Gasteiger partial charge in [-0.15, -0.1) is 0 Å². The summed E-state index contributed by atoms with van der Waals surface area (Å²) in [5, 5.41) is 10.3. The summed E-state index contributed by atoms with van der Waals surface area (Å²) in [5.41, 5.74) is -0.706. The fourth-order valence-electron chi connectivity index (χ4n) is 2.49. The third-order valence-corrected chi connectivity index (χ3v) is 3.33. The molecule has 0 radical (unpaired) electrons. The van der Waals surface area contributed by atoms with Crippen LogP contribution in [0.15, 0.2) is 12.2 Å². The molecular formula is C11H16O2. The fraction of sp³-hybridized carbons (Fsp3) is 0.727. The molecule has 0 aromatic carbocycles. The topological polar surface area (TPSA) is 37.3 Å². The summed E-state index contributed by atoms with van der Waals surface area (Å²) in [4.78, 5) is 11.7. The van der Waals surface area contributed by atoms with E-state index in [1.54, 1.807) is 0 Å². The minimum absolute atomic E-state index is 0.111. The number of rotatable bonds is 0. The molecule has 0 heterocycles. The van der Waals surface area contributed by atoms with Crippen LogP contribution in [0.2, 0.25) is 0 Å². The second-order valence-electron chi connectivity index (χ2n) is 4.24. The third-order valence-electron chi connectivity index (χ3n) is 3.33. The molecule has 2 aliphatic carbocycles. The van der Waals surface area contributed by atoms with Gasteiger partial charge in [0.05, 0.1) is 11.5 Å². The van der Waals surface area contributed by atoms with E-state index in [0.29, 0.717) is 12.8 Å². The monoisotopic (exact) mass is 180 g/mol. The molecule has 2 nitrogen and oxygen atoms in total. The number of carbonyl (C=O) groups is 1. The zero-order valence-electron chi connectivity index (χ0n) is 7.83. The first-order chi connectivity index (χ1) is 6.22. The normalized spacial score (nSPS) is 39.8. The van der Waals surface area contributed by atoms with Crippen molar-refractivity contribution < 1.29 is 9.90 Å². The lowest BCUT2D eigenvalue weighted by atomic mass is 9.75. The lowest BCUT2D eigenvalue weighted by molar-refractivity contribution is -0.131. The summed E-state index contributed by atoms with van der Waals surface area (Å²) in [6.45, 7) is 0. The standard InChI is InChI=1S/C11H16O2/c12-10-6-2-4-8-11(13)7-3-1-5-9(10)11/h1,3,9,13H,2,4-8H2/t9-,11-/m1/s1. The molecule has 0 aliphatic heterocycles. The molecule has 2 heteroatoms. The van der Waals surface area contributed by atoms with Crippen LogP contribution in [0, 0.1) is 5.92 Å². The van der Waals surface area contributed by atoms with Crippen LogP contribution in [-0.2, 0) is 4.79 Å². The van der Waals surface area contributed by atoms with Crippen LogP contribution in [-0.4, -0.2) is 16.5 Å². The molecule has 2 rings (SSSR count). The Bertz CT molecular complexity index is 244. The molecule has 0 aromatic heterocycles. The van der Waals surface area contributed by atoms with Crippen molar-refractivity contribution in [3.8, 4) is 0 Å². The number of Topliss-reactive ketones (excluding diaryl/α,β-unsaturated/α-hetero) is 1. The Morgan fingerprint density at radius 3 is 3.08 bits per heavy atom. The van der Waals surface area contributed by atoms with E-state index >= 15 is 0 Å². The Morgan fingerprint density at radius 1 is 1.38 bits per heavy atom. The molecule has 0 bridgehead atoms. The molecule has 1 saturated carbocycles. The van der Waals surface area contributed by atoms with Gasteiger partial charge in [0.2, 0.25) is 0 Å². The van der Waals surface area contributed by atoms with Crippen LogP contribution in [0.1, 0.15) is 38.5 Å². The van der Waals surface area contributed by atoms with E-state index in [1.165, 1.54) is 0 Å². The lowest BCUT2D eigenvalue weighted by Gasteiger charge is -2.35. The lowest BCUT2D eigenvalue weighted by Crippen LogP contribution is -2.42. The van der Waals surface area contributed by atoms with Crippen LogP contribution in [0.25, 0.3) is 0 Å². The Kier molecular flexibility index (Phi) is 2.24. The second-order valence-corrected chi connectivity index (χ2v) is 4.24. The van der Waals surface area contributed by atoms with Crippen molar-refractivity contribution >= 4 is 5.78 Å². The molecule has 72 valence electrons. The van der Waals surface area contributed by atoms with E-state index in [0.717, 1.165) is 25.7 Å².